The van der Waals surface area contributed by atoms with Gasteiger partial charge < -0.3 is 4.90 Å². The van der Waals surface area contributed by atoms with Gasteiger partial charge in [0.1, 0.15) is 23.3 Å². The van der Waals surface area contributed by atoms with Gasteiger partial charge in [0.15, 0.2) is 5.69 Å². The van der Waals surface area contributed by atoms with Gasteiger partial charge in [-0.05, 0) is 113 Å². The van der Waals surface area contributed by atoms with Crippen LogP contribution >= 0.6 is 0 Å². The van der Waals surface area contributed by atoms with Crippen LogP contribution in [0, 0.1) is 41.2 Å². The van der Waals surface area contributed by atoms with Gasteiger partial charge in [-0.15, -0.1) is 0 Å². The SMILES string of the molecule is [C-]#[N+]c1cc(-c2cc(-c3ccc(F)cc3F)ccn2)cc(N(c2cc(C#N)cc(-c3cc(-c4ccc(F)cc4F)ccn3)c2)c2ccccc2-c2ccccc2)c1. The topological polar surface area (TPSA) is 57.2 Å². The van der Waals surface area contributed by atoms with E-state index < -0.39 is 23.3 Å². The lowest BCUT2D eigenvalue weighted by Gasteiger charge is -2.29. The third-order valence-electron chi connectivity index (χ3n) is 9.42. The number of halogens is 4. The minimum absolute atomic E-state index is 0.193. The van der Waals surface area contributed by atoms with Crippen molar-refractivity contribution in [2.75, 3.05) is 4.90 Å². The lowest BCUT2D eigenvalue weighted by Crippen LogP contribution is -2.12. The van der Waals surface area contributed by atoms with Gasteiger partial charge in [0.05, 0.1) is 35.3 Å². The normalized spacial score (nSPS) is 10.8. The summed E-state index contributed by atoms with van der Waals surface area (Å²) in [6.07, 6.45) is 3.06. The zero-order valence-corrected chi connectivity index (χ0v) is 29.8. The largest absolute Gasteiger partial charge is 0.311 e. The Morgan fingerprint density at radius 2 is 1.07 bits per heavy atom. The highest BCUT2D eigenvalue weighted by Crippen LogP contribution is 2.44. The molecule has 0 aliphatic rings. The molecule has 8 rings (SSSR count). The molecule has 8 aromatic rings. The molecule has 0 spiro atoms. The number of nitrogens with zero attached hydrogens (tertiary/aromatic N) is 5. The summed E-state index contributed by atoms with van der Waals surface area (Å²) in [4.78, 5) is 14.9. The van der Waals surface area contributed by atoms with E-state index in [1.54, 1.807) is 48.5 Å². The van der Waals surface area contributed by atoms with Gasteiger partial charge >= 0.3 is 0 Å². The van der Waals surface area contributed by atoms with Crippen molar-refractivity contribution in [1.29, 1.82) is 5.26 Å². The molecule has 0 unspecified atom stereocenters. The standard InChI is InChI=1S/C48H27F4N5/c1-54-38-21-35(47-25-33(16-18-56-47)42-14-12-37(50)27-45(42)52)23-40(28-38)57(48-10-6-5-9-43(48)31-7-3-2-4-8-31)39-20-30(29-53)19-34(22-39)46-24-32(15-17-55-46)41-13-11-36(49)26-44(41)51/h2-28H. The molecule has 2 heterocycles. The van der Waals surface area contributed by atoms with Crippen molar-refractivity contribution in [2.45, 2.75) is 0 Å². The Balaban J connectivity index is 1.33. The van der Waals surface area contributed by atoms with Crippen molar-refractivity contribution in [3.8, 4) is 62.0 Å². The first-order valence-electron chi connectivity index (χ1n) is 17.6. The fraction of sp³-hybridized carbons (Fsp3) is 0. The van der Waals surface area contributed by atoms with Gasteiger partial charge in [0.25, 0.3) is 0 Å². The van der Waals surface area contributed by atoms with E-state index in [1.165, 1.54) is 36.7 Å². The van der Waals surface area contributed by atoms with Crippen LogP contribution in [0.5, 0.6) is 0 Å². The van der Waals surface area contributed by atoms with Gasteiger partial charge in [-0.1, -0.05) is 48.5 Å². The summed E-state index contributed by atoms with van der Waals surface area (Å²) < 4.78 is 57.4. The van der Waals surface area contributed by atoms with Crippen LogP contribution in [0.3, 0.4) is 0 Å². The van der Waals surface area contributed by atoms with E-state index in [0.29, 0.717) is 50.6 Å². The van der Waals surface area contributed by atoms with E-state index in [0.717, 1.165) is 28.9 Å². The predicted molar refractivity (Wildman–Crippen MR) is 215 cm³/mol. The average molecular weight is 750 g/mol. The van der Waals surface area contributed by atoms with Crippen molar-refractivity contribution >= 4 is 22.7 Å². The minimum Gasteiger partial charge on any atom is -0.311 e. The number of rotatable bonds is 8. The van der Waals surface area contributed by atoms with E-state index in [-0.39, 0.29) is 16.8 Å². The van der Waals surface area contributed by atoms with Crippen molar-refractivity contribution in [3.63, 3.8) is 0 Å². The summed E-state index contributed by atoms with van der Waals surface area (Å²) in [5, 5.41) is 10.3. The average Bonchev–Trinajstić information content (AvgIpc) is 3.24. The second-order valence-electron chi connectivity index (χ2n) is 13.1. The van der Waals surface area contributed by atoms with Crippen LogP contribution in [0.25, 0.3) is 60.7 Å². The number of pyridine rings is 2. The van der Waals surface area contributed by atoms with Crippen molar-refractivity contribution in [2.24, 2.45) is 0 Å². The molecule has 0 bridgehead atoms. The number of benzene rings is 6. The predicted octanol–water partition coefficient (Wildman–Crippen LogP) is 13.3. The van der Waals surface area contributed by atoms with Gasteiger partial charge in [0, 0.05) is 58.2 Å². The second-order valence-corrected chi connectivity index (χ2v) is 13.1. The quantitative estimate of drug-likeness (QED) is 0.115. The zero-order valence-electron chi connectivity index (χ0n) is 29.8. The fourth-order valence-electron chi connectivity index (χ4n) is 6.81. The molecule has 5 nitrogen and oxygen atoms in total. The van der Waals surface area contributed by atoms with Gasteiger partial charge in [-0.25, -0.2) is 22.4 Å². The molecule has 0 atom stereocenters. The molecule has 0 aliphatic carbocycles. The van der Waals surface area contributed by atoms with Crippen LogP contribution in [0.4, 0.5) is 40.3 Å². The molecule has 0 fully saturated rings. The lowest BCUT2D eigenvalue weighted by atomic mass is 9.98. The number of anilines is 3. The van der Waals surface area contributed by atoms with Gasteiger partial charge in [-0.3, -0.25) is 9.97 Å². The third-order valence-corrected chi connectivity index (χ3v) is 9.42. The first-order valence-corrected chi connectivity index (χ1v) is 17.6. The molecule has 6 aromatic carbocycles. The van der Waals surface area contributed by atoms with Crippen molar-refractivity contribution < 1.29 is 17.6 Å². The third kappa shape index (κ3) is 7.46. The summed E-state index contributed by atoms with van der Waals surface area (Å²) >= 11 is 0. The summed E-state index contributed by atoms with van der Waals surface area (Å²) in [6.45, 7) is 8.08. The maximum atomic E-state index is 14.9. The Bertz CT molecular complexity index is 2740. The number of hydrogen-bond donors (Lipinski definition) is 0. The molecule has 9 heteroatoms. The number of nitriles is 1. The summed E-state index contributed by atoms with van der Waals surface area (Å²) in [6, 6.07) is 43.7. The Morgan fingerprint density at radius 1 is 0.509 bits per heavy atom. The Labute approximate surface area is 325 Å². The molecule has 0 aliphatic heterocycles. The van der Waals surface area contributed by atoms with Crippen LogP contribution in [0.1, 0.15) is 5.56 Å². The first-order chi connectivity index (χ1) is 27.8. The molecule has 0 N–H and O–H groups in total. The zero-order chi connectivity index (χ0) is 39.5. The van der Waals surface area contributed by atoms with E-state index in [9.17, 15) is 22.8 Å². The number of aromatic nitrogens is 2. The summed E-state index contributed by atoms with van der Waals surface area (Å²) in [5.74, 6) is -2.82. The van der Waals surface area contributed by atoms with E-state index in [4.69, 9.17) is 6.57 Å². The van der Waals surface area contributed by atoms with E-state index >= 15 is 0 Å². The molecule has 2 aromatic heterocycles. The fourth-order valence-corrected chi connectivity index (χ4v) is 6.81. The second kappa shape index (κ2) is 15.5. The number of hydrogen-bond acceptors (Lipinski definition) is 4. The number of para-hydroxylation sites is 1. The first kappa shape index (κ1) is 36.1. The molecular formula is C48H27F4N5. The van der Waals surface area contributed by atoms with Gasteiger partial charge in [0.2, 0.25) is 0 Å². The molecule has 0 radical (unpaired) electrons. The monoisotopic (exact) mass is 749 g/mol. The smallest absolute Gasteiger partial charge is 0.189 e. The molecule has 272 valence electrons. The highest BCUT2D eigenvalue weighted by atomic mass is 19.1. The molecule has 0 saturated heterocycles. The van der Waals surface area contributed by atoms with Crippen molar-refractivity contribution in [1.82, 2.24) is 9.97 Å². The minimum atomic E-state index is -0.722. The van der Waals surface area contributed by atoms with E-state index in [2.05, 4.69) is 20.9 Å². The highest BCUT2D eigenvalue weighted by molar-refractivity contribution is 5.91. The summed E-state index contributed by atoms with van der Waals surface area (Å²) in [7, 11) is 0. The van der Waals surface area contributed by atoms with Crippen LogP contribution in [0.2, 0.25) is 0 Å². The maximum Gasteiger partial charge on any atom is 0.189 e. The van der Waals surface area contributed by atoms with Crippen molar-refractivity contribution in [3.05, 3.63) is 204 Å². The highest BCUT2D eigenvalue weighted by Gasteiger charge is 2.21. The molecular weight excluding hydrogens is 723 g/mol. The Kier molecular flexibility index (Phi) is 9.80. The Morgan fingerprint density at radius 3 is 1.65 bits per heavy atom. The molecule has 0 amide bonds. The molecule has 0 saturated carbocycles. The lowest BCUT2D eigenvalue weighted by molar-refractivity contribution is 0.585. The van der Waals surface area contributed by atoms with Gasteiger partial charge in [-0.2, -0.15) is 5.26 Å². The maximum absolute atomic E-state index is 14.9. The van der Waals surface area contributed by atoms with E-state index in [1.807, 2.05) is 71.6 Å². The van der Waals surface area contributed by atoms with Crippen LogP contribution in [0.15, 0.2) is 164 Å². The van der Waals surface area contributed by atoms with Crippen LogP contribution in [-0.2, 0) is 0 Å². The molecule has 57 heavy (non-hydrogen) atoms. The van der Waals surface area contributed by atoms with Crippen LogP contribution in [-0.4, -0.2) is 9.97 Å². The summed E-state index contributed by atoms with van der Waals surface area (Å²) in [5.41, 5.74) is 7.52. The van der Waals surface area contributed by atoms with Crippen LogP contribution < -0.4 is 4.90 Å². The Hall–Kier alpha value is -7.88.